The maximum absolute atomic E-state index is 11.2. The molecule has 0 bridgehead atoms. The van der Waals surface area contributed by atoms with Crippen molar-refractivity contribution in [3.63, 3.8) is 0 Å². The van der Waals surface area contributed by atoms with Crippen molar-refractivity contribution in [3.05, 3.63) is 58.3 Å². The van der Waals surface area contributed by atoms with Gasteiger partial charge in [0.25, 0.3) is 0 Å². The third-order valence-corrected chi connectivity index (χ3v) is 2.25. The molecule has 0 saturated heterocycles. The summed E-state index contributed by atoms with van der Waals surface area (Å²) in [5.74, 6) is -0.969. The number of rotatable bonds is 3. The lowest BCUT2D eigenvalue weighted by Gasteiger charge is -2.02. The molecule has 0 fully saturated rings. The number of H-pyrrole nitrogens is 1. The number of hydrogen-bond donors (Lipinski definition) is 2. The van der Waals surface area contributed by atoms with Gasteiger partial charge in [-0.25, -0.2) is 9.59 Å². The number of carboxylic acids is 1. The van der Waals surface area contributed by atoms with Crippen LogP contribution in [-0.2, 0) is 6.54 Å². The van der Waals surface area contributed by atoms with Crippen molar-refractivity contribution in [2.45, 2.75) is 6.54 Å². The van der Waals surface area contributed by atoms with E-state index in [9.17, 15) is 9.59 Å². The average molecular weight is 218 g/mol. The fourth-order valence-electron chi connectivity index (χ4n) is 1.47. The first-order valence-corrected chi connectivity index (χ1v) is 4.73. The molecule has 5 heteroatoms. The number of aromatic amines is 1. The largest absolute Gasteiger partial charge is 0.478 e. The zero-order valence-electron chi connectivity index (χ0n) is 8.38. The number of aromatic nitrogens is 2. The van der Waals surface area contributed by atoms with Crippen molar-refractivity contribution in [2.75, 3.05) is 0 Å². The minimum Gasteiger partial charge on any atom is -0.478 e. The molecule has 0 unspecified atom stereocenters. The molecule has 0 amide bonds. The number of aromatic carboxylic acids is 1. The first-order valence-electron chi connectivity index (χ1n) is 4.73. The van der Waals surface area contributed by atoms with Gasteiger partial charge >= 0.3 is 11.7 Å². The maximum Gasteiger partial charge on any atom is 0.335 e. The molecule has 2 rings (SSSR count). The van der Waals surface area contributed by atoms with Crippen molar-refractivity contribution < 1.29 is 9.90 Å². The van der Waals surface area contributed by atoms with Crippen LogP contribution in [0.4, 0.5) is 0 Å². The number of carbonyl (C=O) groups is 1. The van der Waals surface area contributed by atoms with Gasteiger partial charge in [0.05, 0.1) is 12.1 Å². The van der Waals surface area contributed by atoms with E-state index in [4.69, 9.17) is 5.11 Å². The van der Waals surface area contributed by atoms with Gasteiger partial charge in [0, 0.05) is 12.4 Å². The lowest BCUT2D eigenvalue weighted by atomic mass is 10.1. The van der Waals surface area contributed by atoms with E-state index in [0.717, 1.165) is 5.56 Å². The normalized spacial score (nSPS) is 10.2. The summed E-state index contributed by atoms with van der Waals surface area (Å²) in [7, 11) is 0. The molecule has 16 heavy (non-hydrogen) atoms. The van der Waals surface area contributed by atoms with Crippen LogP contribution in [0.3, 0.4) is 0 Å². The van der Waals surface area contributed by atoms with Crippen LogP contribution in [0.15, 0.2) is 41.5 Å². The van der Waals surface area contributed by atoms with Gasteiger partial charge in [-0.3, -0.25) is 4.57 Å². The molecule has 2 aromatic rings. The molecule has 2 N–H and O–H groups in total. The third kappa shape index (κ3) is 2.03. The predicted molar refractivity (Wildman–Crippen MR) is 57.6 cm³/mol. The minimum atomic E-state index is -0.969. The number of imidazole rings is 1. The molecule has 0 saturated carbocycles. The van der Waals surface area contributed by atoms with Gasteiger partial charge < -0.3 is 10.1 Å². The van der Waals surface area contributed by atoms with E-state index in [1.54, 1.807) is 30.6 Å². The van der Waals surface area contributed by atoms with E-state index >= 15 is 0 Å². The summed E-state index contributed by atoms with van der Waals surface area (Å²) in [4.78, 5) is 24.5. The summed E-state index contributed by atoms with van der Waals surface area (Å²) in [5, 5.41) is 8.82. The summed E-state index contributed by atoms with van der Waals surface area (Å²) in [6.07, 6.45) is 3.17. The van der Waals surface area contributed by atoms with Crippen LogP contribution >= 0.6 is 0 Å². The highest BCUT2D eigenvalue weighted by atomic mass is 16.4. The van der Waals surface area contributed by atoms with Crippen molar-refractivity contribution >= 4 is 5.97 Å². The number of nitrogens with one attached hydrogen (secondary N) is 1. The second-order valence-corrected chi connectivity index (χ2v) is 3.40. The molecular formula is C11H10N2O3. The zero-order chi connectivity index (χ0) is 11.5. The number of hydrogen-bond acceptors (Lipinski definition) is 2. The van der Waals surface area contributed by atoms with Gasteiger partial charge in [-0.15, -0.1) is 0 Å². The van der Waals surface area contributed by atoms with E-state index in [-0.39, 0.29) is 11.3 Å². The maximum atomic E-state index is 11.2. The summed E-state index contributed by atoms with van der Waals surface area (Å²) in [6, 6.07) is 6.52. The second-order valence-electron chi connectivity index (χ2n) is 3.40. The van der Waals surface area contributed by atoms with Gasteiger partial charge in [0.2, 0.25) is 0 Å². The van der Waals surface area contributed by atoms with Crippen LogP contribution in [0.25, 0.3) is 0 Å². The summed E-state index contributed by atoms with van der Waals surface area (Å²) in [6.45, 7) is 0.365. The van der Waals surface area contributed by atoms with E-state index in [1.165, 1.54) is 10.6 Å². The van der Waals surface area contributed by atoms with E-state index < -0.39 is 5.97 Å². The zero-order valence-corrected chi connectivity index (χ0v) is 8.38. The fourth-order valence-corrected chi connectivity index (χ4v) is 1.47. The molecule has 0 aliphatic heterocycles. The van der Waals surface area contributed by atoms with Crippen molar-refractivity contribution in [1.29, 1.82) is 0 Å². The fraction of sp³-hybridized carbons (Fsp3) is 0.0909. The predicted octanol–water partition coefficient (Wildman–Crippen LogP) is 0.923. The highest BCUT2D eigenvalue weighted by molar-refractivity contribution is 5.87. The van der Waals surface area contributed by atoms with Gasteiger partial charge in [-0.2, -0.15) is 0 Å². The Morgan fingerprint density at radius 1 is 1.44 bits per heavy atom. The first kappa shape index (κ1) is 10.2. The molecular weight excluding hydrogens is 208 g/mol. The highest BCUT2D eigenvalue weighted by Gasteiger charge is 2.04. The summed E-state index contributed by atoms with van der Waals surface area (Å²) < 4.78 is 1.47. The second kappa shape index (κ2) is 4.06. The quantitative estimate of drug-likeness (QED) is 0.804. The Hall–Kier alpha value is -2.30. The Kier molecular flexibility index (Phi) is 2.59. The monoisotopic (exact) mass is 218 g/mol. The van der Waals surface area contributed by atoms with E-state index in [2.05, 4.69) is 4.98 Å². The van der Waals surface area contributed by atoms with Crippen LogP contribution in [0.5, 0.6) is 0 Å². The van der Waals surface area contributed by atoms with Gasteiger partial charge in [0.1, 0.15) is 0 Å². The average Bonchev–Trinajstić information content (AvgIpc) is 2.65. The van der Waals surface area contributed by atoms with Crippen LogP contribution in [0.2, 0.25) is 0 Å². The van der Waals surface area contributed by atoms with E-state index in [0.29, 0.717) is 6.54 Å². The Morgan fingerprint density at radius 2 is 2.25 bits per heavy atom. The summed E-state index contributed by atoms with van der Waals surface area (Å²) in [5.41, 5.74) is 0.795. The standard InChI is InChI=1S/C11H10N2O3/c14-10(15)9-3-1-2-8(6-9)7-13-5-4-12-11(13)16/h1-6H,7H2,(H,12,16)(H,14,15). The Labute approximate surface area is 91.0 Å². The molecule has 82 valence electrons. The van der Waals surface area contributed by atoms with Crippen LogP contribution in [0.1, 0.15) is 15.9 Å². The van der Waals surface area contributed by atoms with E-state index in [1.807, 2.05) is 0 Å². The smallest absolute Gasteiger partial charge is 0.335 e. The molecule has 1 heterocycles. The Balaban J connectivity index is 2.29. The topological polar surface area (TPSA) is 75.1 Å². The number of benzene rings is 1. The Bertz CT molecular complexity index is 568. The Morgan fingerprint density at radius 3 is 2.88 bits per heavy atom. The SMILES string of the molecule is O=C(O)c1cccc(Cn2cc[nH]c2=O)c1. The molecule has 0 aliphatic rings. The summed E-state index contributed by atoms with van der Waals surface area (Å²) >= 11 is 0. The molecule has 0 spiro atoms. The highest BCUT2D eigenvalue weighted by Crippen LogP contribution is 2.06. The van der Waals surface area contributed by atoms with Gasteiger partial charge in [0.15, 0.2) is 0 Å². The van der Waals surface area contributed by atoms with Crippen molar-refractivity contribution in [1.82, 2.24) is 9.55 Å². The van der Waals surface area contributed by atoms with Gasteiger partial charge in [-0.1, -0.05) is 12.1 Å². The lowest BCUT2D eigenvalue weighted by molar-refractivity contribution is 0.0697. The van der Waals surface area contributed by atoms with Crippen molar-refractivity contribution in [2.24, 2.45) is 0 Å². The van der Waals surface area contributed by atoms with Crippen LogP contribution in [-0.4, -0.2) is 20.6 Å². The first-order chi connectivity index (χ1) is 7.66. The van der Waals surface area contributed by atoms with Crippen LogP contribution in [0, 0.1) is 0 Å². The molecule has 0 radical (unpaired) electrons. The molecule has 1 aromatic heterocycles. The van der Waals surface area contributed by atoms with Crippen LogP contribution < -0.4 is 5.69 Å². The number of carboxylic acid groups (broad SMARTS) is 1. The minimum absolute atomic E-state index is 0.208. The molecule has 0 atom stereocenters. The molecule has 1 aromatic carbocycles. The number of nitrogens with zero attached hydrogens (tertiary/aromatic N) is 1. The van der Waals surface area contributed by atoms with Gasteiger partial charge in [-0.05, 0) is 17.7 Å². The molecule has 0 aliphatic carbocycles. The van der Waals surface area contributed by atoms with Crippen molar-refractivity contribution in [3.8, 4) is 0 Å². The third-order valence-electron chi connectivity index (χ3n) is 2.25. The molecule has 5 nitrogen and oxygen atoms in total. The lowest BCUT2D eigenvalue weighted by Crippen LogP contribution is -2.16.